The van der Waals surface area contributed by atoms with E-state index in [0.717, 1.165) is 23.4 Å². The Morgan fingerprint density at radius 1 is 1.45 bits per heavy atom. The fraction of sp³-hybridized carbons (Fsp3) is 0.200. The maximum absolute atomic E-state index is 12.1. The number of aromatic nitrogens is 2. The zero-order valence-corrected chi connectivity index (χ0v) is 11.6. The Morgan fingerprint density at radius 3 is 2.90 bits per heavy atom. The summed E-state index contributed by atoms with van der Waals surface area (Å²) in [6, 6.07) is 7.33. The summed E-state index contributed by atoms with van der Waals surface area (Å²) < 4.78 is 0. The highest BCUT2D eigenvalue weighted by atomic mass is 35.5. The van der Waals surface area contributed by atoms with Crippen molar-refractivity contribution in [3.8, 4) is 0 Å². The van der Waals surface area contributed by atoms with Crippen molar-refractivity contribution < 1.29 is 4.79 Å². The van der Waals surface area contributed by atoms with Crippen molar-refractivity contribution in [2.75, 3.05) is 6.54 Å². The predicted molar refractivity (Wildman–Crippen MR) is 77.5 cm³/mol. The predicted octanol–water partition coefficient (Wildman–Crippen LogP) is 2.72. The number of rotatable bonds is 2. The van der Waals surface area contributed by atoms with Crippen molar-refractivity contribution in [3.63, 3.8) is 0 Å². The smallest absolute Gasteiger partial charge is 0.246 e. The summed E-state index contributed by atoms with van der Waals surface area (Å²) in [7, 11) is 0. The van der Waals surface area contributed by atoms with E-state index in [1.54, 1.807) is 11.2 Å². The Hall–Kier alpha value is -2.07. The number of amides is 1. The first-order chi connectivity index (χ1) is 9.70. The molecule has 0 spiro atoms. The molecule has 20 heavy (non-hydrogen) atoms. The zero-order valence-electron chi connectivity index (χ0n) is 10.8. The van der Waals surface area contributed by atoms with Crippen LogP contribution in [0, 0.1) is 0 Å². The lowest BCUT2D eigenvalue weighted by molar-refractivity contribution is -0.128. The van der Waals surface area contributed by atoms with Crippen molar-refractivity contribution in [1.29, 1.82) is 0 Å². The van der Waals surface area contributed by atoms with Crippen LogP contribution in [0.15, 0.2) is 43.2 Å². The molecule has 1 amide bonds. The van der Waals surface area contributed by atoms with Crippen molar-refractivity contribution in [2.45, 2.75) is 12.5 Å². The van der Waals surface area contributed by atoms with E-state index in [9.17, 15) is 4.79 Å². The van der Waals surface area contributed by atoms with E-state index in [2.05, 4.69) is 16.5 Å². The van der Waals surface area contributed by atoms with E-state index in [1.807, 2.05) is 24.3 Å². The summed E-state index contributed by atoms with van der Waals surface area (Å²) in [5, 5.41) is 0.674. The molecule has 1 N–H and O–H groups in total. The van der Waals surface area contributed by atoms with Gasteiger partial charge in [0.05, 0.1) is 12.0 Å². The third-order valence-corrected chi connectivity index (χ3v) is 3.82. The van der Waals surface area contributed by atoms with Gasteiger partial charge in [0, 0.05) is 23.7 Å². The van der Waals surface area contributed by atoms with Gasteiger partial charge in [-0.3, -0.25) is 4.79 Å². The van der Waals surface area contributed by atoms with Crippen LogP contribution in [0.1, 0.15) is 23.0 Å². The van der Waals surface area contributed by atoms with E-state index in [0.29, 0.717) is 11.6 Å². The molecule has 1 unspecified atom stereocenters. The highest BCUT2D eigenvalue weighted by Crippen LogP contribution is 2.33. The summed E-state index contributed by atoms with van der Waals surface area (Å²) in [6.45, 7) is 4.23. The Balaban J connectivity index is 2.08. The third kappa shape index (κ3) is 2.12. The highest BCUT2D eigenvalue weighted by Gasteiger charge is 2.32. The van der Waals surface area contributed by atoms with E-state index < -0.39 is 0 Å². The molecule has 0 saturated heterocycles. The van der Waals surface area contributed by atoms with Crippen LogP contribution in [0.25, 0.3) is 0 Å². The van der Waals surface area contributed by atoms with Gasteiger partial charge < -0.3 is 9.88 Å². The maximum Gasteiger partial charge on any atom is 0.246 e. The topological polar surface area (TPSA) is 49.0 Å². The van der Waals surface area contributed by atoms with Gasteiger partial charge in [-0.15, -0.1) is 0 Å². The van der Waals surface area contributed by atoms with Gasteiger partial charge in [0.2, 0.25) is 5.91 Å². The summed E-state index contributed by atoms with van der Waals surface area (Å²) in [5.74, 6) is -0.0846. The van der Waals surface area contributed by atoms with Gasteiger partial charge in [-0.25, -0.2) is 4.98 Å². The number of fused-ring (bicyclic) bond motifs is 1. The lowest BCUT2D eigenvalue weighted by atomic mass is 9.95. The molecule has 1 aliphatic rings. The normalized spacial score (nSPS) is 17.6. The first-order valence-corrected chi connectivity index (χ1v) is 6.79. The van der Waals surface area contributed by atoms with E-state index in [-0.39, 0.29) is 11.9 Å². The minimum atomic E-state index is -0.187. The molecule has 2 aromatic rings. The molecular weight excluding hydrogens is 274 g/mol. The van der Waals surface area contributed by atoms with Gasteiger partial charge in [-0.1, -0.05) is 30.3 Å². The number of carbonyl (C=O) groups is 1. The molecule has 102 valence electrons. The number of carbonyl (C=O) groups excluding carboxylic acids is 1. The molecule has 0 radical (unpaired) electrons. The summed E-state index contributed by atoms with van der Waals surface area (Å²) in [4.78, 5) is 21.4. The Labute approximate surface area is 122 Å². The molecule has 0 fully saturated rings. The van der Waals surface area contributed by atoms with E-state index >= 15 is 0 Å². The molecular formula is C15H14ClN3O. The average Bonchev–Trinajstić information content (AvgIpc) is 2.95. The Bertz CT molecular complexity index is 647. The van der Waals surface area contributed by atoms with Crippen LogP contribution in [-0.4, -0.2) is 27.3 Å². The summed E-state index contributed by atoms with van der Waals surface area (Å²) >= 11 is 5.94. The van der Waals surface area contributed by atoms with Crippen molar-refractivity contribution in [2.24, 2.45) is 0 Å². The van der Waals surface area contributed by atoms with Crippen LogP contribution in [0.3, 0.4) is 0 Å². The highest BCUT2D eigenvalue weighted by molar-refractivity contribution is 6.30. The van der Waals surface area contributed by atoms with E-state index in [4.69, 9.17) is 11.6 Å². The molecule has 4 nitrogen and oxygen atoms in total. The number of aromatic amines is 1. The molecule has 0 saturated carbocycles. The molecule has 5 heteroatoms. The first kappa shape index (κ1) is 12.9. The fourth-order valence-corrected chi connectivity index (χ4v) is 2.74. The second kappa shape index (κ2) is 5.13. The second-order valence-corrected chi connectivity index (χ2v) is 5.14. The van der Waals surface area contributed by atoms with Crippen molar-refractivity contribution in [1.82, 2.24) is 14.9 Å². The molecule has 1 aromatic carbocycles. The SMILES string of the molecule is C=CC(=O)N1CCc2[nH]cnc2C1c1ccc(Cl)cc1. The molecule has 2 heterocycles. The number of imidazole rings is 1. The Kier molecular flexibility index (Phi) is 3.32. The van der Waals surface area contributed by atoms with Gasteiger partial charge in [0.25, 0.3) is 0 Å². The standard InChI is InChI=1S/C15H14ClN3O/c1-2-13(20)19-8-7-12-14(18-9-17-12)15(19)10-3-5-11(16)6-4-10/h2-6,9,15H,1,7-8H2,(H,17,18). The van der Waals surface area contributed by atoms with Crippen molar-refractivity contribution in [3.05, 3.63) is 65.2 Å². The van der Waals surface area contributed by atoms with E-state index in [1.165, 1.54) is 6.08 Å². The molecule has 3 rings (SSSR count). The van der Waals surface area contributed by atoms with Crippen LogP contribution in [0.4, 0.5) is 0 Å². The van der Waals surface area contributed by atoms with Crippen LogP contribution < -0.4 is 0 Å². The van der Waals surface area contributed by atoms with Gasteiger partial charge >= 0.3 is 0 Å². The average molecular weight is 288 g/mol. The largest absolute Gasteiger partial charge is 0.348 e. The summed E-state index contributed by atoms with van der Waals surface area (Å²) in [6.07, 6.45) is 3.80. The number of nitrogens with zero attached hydrogens (tertiary/aromatic N) is 2. The third-order valence-electron chi connectivity index (χ3n) is 3.57. The summed E-state index contributed by atoms with van der Waals surface area (Å²) in [5.41, 5.74) is 2.98. The maximum atomic E-state index is 12.1. The van der Waals surface area contributed by atoms with Crippen LogP contribution in [0.2, 0.25) is 5.02 Å². The molecule has 1 aliphatic heterocycles. The molecule has 0 aliphatic carbocycles. The molecule has 1 aromatic heterocycles. The minimum absolute atomic E-state index is 0.0846. The molecule has 0 bridgehead atoms. The van der Waals surface area contributed by atoms with Crippen LogP contribution in [0.5, 0.6) is 0 Å². The number of H-pyrrole nitrogens is 1. The first-order valence-electron chi connectivity index (χ1n) is 6.41. The van der Waals surface area contributed by atoms with Crippen molar-refractivity contribution >= 4 is 17.5 Å². The lowest BCUT2D eigenvalue weighted by Crippen LogP contribution is -2.39. The number of nitrogens with one attached hydrogen (secondary N) is 1. The van der Waals surface area contributed by atoms with Gasteiger partial charge in [0.1, 0.15) is 6.04 Å². The zero-order chi connectivity index (χ0) is 14.1. The van der Waals surface area contributed by atoms with Gasteiger partial charge in [-0.2, -0.15) is 0 Å². The number of hydrogen-bond donors (Lipinski definition) is 1. The van der Waals surface area contributed by atoms with Crippen LogP contribution >= 0.6 is 11.6 Å². The second-order valence-electron chi connectivity index (χ2n) is 4.71. The molecule has 1 atom stereocenters. The number of benzene rings is 1. The Morgan fingerprint density at radius 2 is 2.20 bits per heavy atom. The quantitative estimate of drug-likeness (QED) is 0.864. The van der Waals surface area contributed by atoms with Crippen LogP contribution in [-0.2, 0) is 11.2 Å². The minimum Gasteiger partial charge on any atom is -0.348 e. The van der Waals surface area contributed by atoms with Gasteiger partial charge in [-0.05, 0) is 23.8 Å². The monoisotopic (exact) mass is 287 g/mol. The lowest BCUT2D eigenvalue weighted by Gasteiger charge is -2.34. The fourth-order valence-electron chi connectivity index (χ4n) is 2.61. The number of halogens is 1. The number of hydrogen-bond acceptors (Lipinski definition) is 2. The van der Waals surface area contributed by atoms with Gasteiger partial charge in [0.15, 0.2) is 0 Å².